The van der Waals surface area contributed by atoms with Crippen molar-refractivity contribution in [2.75, 3.05) is 44.0 Å². The maximum atomic E-state index is 12.2. The van der Waals surface area contributed by atoms with Crippen molar-refractivity contribution >= 4 is 23.2 Å². The quantitative estimate of drug-likeness (QED) is 0.836. The van der Waals surface area contributed by atoms with Crippen LogP contribution in [0.3, 0.4) is 0 Å². The summed E-state index contributed by atoms with van der Waals surface area (Å²) >= 11 is 0. The third-order valence-corrected chi connectivity index (χ3v) is 3.65. The number of fused-ring (bicyclic) bond motifs is 1. The van der Waals surface area contributed by atoms with E-state index in [0.717, 1.165) is 25.1 Å². The molecule has 0 radical (unpaired) electrons. The van der Waals surface area contributed by atoms with Crippen molar-refractivity contribution in [2.45, 2.75) is 26.2 Å². The molecule has 0 saturated carbocycles. The van der Waals surface area contributed by atoms with Gasteiger partial charge in [-0.1, -0.05) is 6.92 Å². The minimum absolute atomic E-state index is 0.0188. The molecule has 1 aromatic carbocycles. The summed E-state index contributed by atoms with van der Waals surface area (Å²) in [5, 5.41) is 2.86. The lowest BCUT2D eigenvalue weighted by atomic mass is 10.2. The lowest BCUT2D eigenvalue weighted by Gasteiger charge is -2.30. The van der Waals surface area contributed by atoms with E-state index in [1.807, 2.05) is 33.2 Å². The second-order valence-corrected chi connectivity index (χ2v) is 5.97. The first-order valence-corrected chi connectivity index (χ1v) is 8.03. The molecule has 1 aliphatic heterocycles. The van der Waals surface area contributed by atoms with Gasteiger partial charge in [0.1, 0.15) is 5.75 Å². The average molecular weight is 319 g/mol. The van der Waals surface area contributed by atoms with Crippen molar-refractivity contribution in [3.63, 3.8) is 0 Å². The van der Waals surface area contributed by atoms with E-state index in [-0.39, 0.29) is 18.4 Å². The molecule has 6 nitrogen and oxygen atoms in total. The molecule has 0 fully saturated rings. The van der Waals surface area contributed by atoms with Crippen LogP contribution >= 0.6 is 0 Å². The molecule has 1 N–H and O–H groups in total. The molecule has 0 atom stereocenters. The van der Waals surface area contributed by atoms with Gasteiger partial charge in [0, 0.05) is 18.7 Å². The van der Waals surface area contributed by atoms with Gasteiger partial charge < -0.3 is 19.9 Å². The zero-order valence-corrected chi connectivity index (χ0v) is 14.1. The topological polar surface area (TPSA) is 61.9 Å². The summed E-state index contributed by atoms with van der Waals surface area (Å²) in [5.74, 6) is 0.617. The van der Waals surface area contributed by atoms with E-state index >= 15 is 0 Å². The molecule has 0 aliphatic carbocycles. The molecule has 2 amide bonds. The Morgan fingerprint density at radius 1 is 1.39 bits per heavy atom. The van der Waals surface area contributed by atoms with Gasteiger partial charge in [0.15, 0.2) is 6.61 Å². The molecular weight excluding hydrogens is 294 g/mol. The van der Waals surface area contributed by atoms with Crippen molar-refractivity contribution in [3.8, 4) is 5.75 Å². The van der Waals surface area contributed by atoms with Crippen LogP contribution in [0.25, 0.3) is 0 Å². The molecule has 0 unspecified atom stereocenters. The largest absolute Gasteiger partial charge is 0.482 e. The fourth-order valence-electron chi connectivity index (χ4n) is 2.52. The van der Waals surface area contributed by atoms with Gasteiger partial charge >= 0.3 is 0 Å². The van der Waals surface area contributed by atoms with Gasteiger partial charge in [-0.2, -0.15) is 0 Å². The number of benzene rings is 1. The van der Waals surface area contributed by atoms with Gasteiger partial charge in [-0.3, -0.25) is 9.59 Å². The monoisotopic (exact) mass is 319 g/mol. The summed E-state index contributed by atoms with van der Waals surface area (Å²) in [4.78, 5) is 27.8. The number of carbonyl (C=O) groups excluding carboxylic acids is 2. The number of amides is 2. The van der Waals surface area contributed by atoms with Crippen LogP contribution in [0.4, 0.5) is 11.4 Å². The molecule has 126 valence electrons. The molecule has 1 aliphatic rings. The number of hydrogen-bond donors (Lipinski definition) is 1. The van der Waals surface area contributed by atoms with E-state index < -0.39 is 0 Å². The molecule has 0 spiro atoms. The van der Waals surface area contributed by atoms with Gasteiger partial charge in [0.25, 0.3) is 5.91 Å². The predicted molar refractivity (Wildman–Crippen MR) is 91.0 cm³/mol. The number of ether oxygens (including phenoxy) is 1. The van der Waals surface area contributed by atoms with Gasteiger partial charge in [-0.15, -0.1) is 0 Å². The summed E-state index contributed by atoms with van der Waals surface area (Å²) in [7, 11) is 4.02. The first-order chi connectivity index (χ1) is 11.0. The van der Waals surface area contributed by atoms with Crippen LogP contribution < -0.4 is 15.0 Å². The fraction of sp³-hybridized carbons (Fsp3) is 0.529. The predicted octanol–water partition coefficient (Wildman–Crippen LogP) is 2.10. The highest BCUT2D eigenvalue weighted by atomic mass is 16.5. The maximum absolute atomic E-state index is 12.2. The van der Waals surface area contributed by atoms with Crippen LogP contribution in [0, 0.1) is 0 Å². The Kier molecular flexibility index (Phi) is 5.98. The van der Waals surface area contributed by atoms with Crippen molar-refractivity contribution < 1.29 is 14.3 Å². The first-order valence-electron chi connectivity index (χ1n) is 8.03. The van der Waals surface area contributed by atoms with Gasteiger partial charge in [-0.25, -0.2) is 0 Å². The smallest absolute Gasteiger partial charge is 0.265 e. The normalized spacial score (nSPS) is 13.7. The molecule has 1 heterocycles. The van der Waals surface area contributed by atoms with E-state index in [2.05, 4.69) is 10.2 Å². The Morgan fingerprint density at radius 2 is 2.17 bits per heavy atom. The number of anilines is 2. The Labute approximate surface area is 137 Å². The highest BCUT2D eigenvalue weighted by Crippen LogP contribution is 2.34. The third kappa shape index (κ3) is 4.69. The van der Waals surface area contributed by atoms with Crippen molar-refractivity contribution in [3.05, 3.63) is 18.2 Å². The van der Waals surface area contributed by atoms with E-state index in [9.17, 15) is 9.59 Å². The van der Waals surface area contributed by atoms with E-state index in [1.54, 1.807) is 11.0 Å². The third-order valence-electron chi connectivity index (χ3n) is 3.65. The zero-order chi connectivity index (χ0) is 16.8. The fourth-order valence-corrected chi connectivity index (χ4v) is 2.52. The summed E-state index contributed by atoms with van der Waals surface area (Å²) in [6.45, 7) is 3.58. The van der Waals surface area contributed by atoms with E-state index in [1.165, 1.54) is 0 Å². The second-order valence-electron chi connectivity index (χ2n) is 5.97. The highest BCUT2D eigenvalue weighted by molar-refractivity contribution is 5.99. The Balaban J connectivity index is 2.14. The summed E-state index contributed by atoms with van der Waals surface area (Å²) in [6, 6.07) is 5.43. The van der Waals surface area contributed by atoms with Gasteiger partial charge in [0.05, 0.1) is 5.69 Å². The maximum Gasteiger partial charge on any atom is 0.265 e. The molecule has 0 saturated heterocycles. The van der Waals surface area contributed by atoms with Crippen LogP contribution in [0.5, 0.6) is 5.75 Å². The number of hydrogen-bond acceptors (Lipinski definition) is 4. The lowest BCUT2D eigenvalue weighted by Crippen LogP contribution is -2.40. The van der Waals surface area contributed by atoms with Crippen molar-refractivity contribution in [2.24, 2.45) is 0 Å². The number of carbonyl (C=O) groups is 2. The van der Waals surface area contributed by atoms with Gasteiger partial charge in [0.2, 0.25) is 5.91 Å². The van der Waals surface area contributed by atoms with Crippen molar-refractivity contribution in [1.82, 2.24) is 4.90 Å². The minimum Gasteiger partial charge on any atom is -0.482 e. The van der Waals surface area contributed by atoms with Crippen LogP contribution in [0.1, 0.15) is 26.2 Å². The molecule has 6 heteroatoms. The molecule has 0 aromatic heterocycles. The van der Waals surface area contributed by atoms with Crippen LogP contribution in [0.2, 0.25) is 0 Å². The number of nitrogens with zero attached hydrogens (tertiary/aromatic N) is 2. The second kappa shape index (κ2) is 7.97. The lowest BCUT2D eigenvalue weighted by molar-refractivity contribution is -0.121. The summed E-state index contributed by atoms with van der Waals surface area (Å²) in [6.07, 6.45) is 2.17. The standard InChI is InChI=1S/C17H25N3O3/c1-4-6-16(21)18-13-7-8-15-14(11-13)20(17(22)12-23-15)10-5-9-19(2)3/h7-8,11H,4-6,9-10,12H2,1-3H3,(H,18,21). The molecule has 23 heavy (non-hydrogen) atoms. The number of rotatable bonds is 7. The first kappa shape index (κ1) is 17.3. The van der Waals surface area contributed by atoms with Crippen LogP contribution in [0.15, 0.2) is 18.2 Å². The average Bonchev–Trinajstić information content (AvgIpc) is 2.49. The molecular formula is C17H25N3O3. The SMILES string of the molecule is CCCC(=O)Nc1ccc2c(c1)N(CCCN(C)C)C(=O)CO2. The highest BCUT2D eigenvalue weighted by Gasteiger charge is 2.25. The molecule has 0 bridgehead atoms. The summed E-state index contributed by atoms with van der Waals surface area (Å²) in [5.41, 5.74) is 1.42. The van der Waals surface area contributed by atoms with Crippen LogP contribution in [-0.4, -0.2) is 50.5 Å². The van der Waals surface area contributed by atoms with Crippen molar-refractivity contribution in [1.29, 1.82) is 0 Å². The Morgan fingerprint density at radius 3 is 2.87 bits per heavy atom. The Hall–Kier alpha value is -2.08. The van der Waals surface area contributed by atoms with Crippen LogP contribution in [-0.2, 0) is 9.59 Å². The van der Waals surface area contributed by atoms with E-state index in [4.69, 9.17) is 4.74 Å². The minimum atomic E-state index is -0.0479. The Bertz CT molecular complexity index is 572. The summed E-state index contributed by atoms with van der Waals surface area (Å²) < 4.78 is 5.49. The van der Waals surface area contributed by atoms with E-state index in [0.29, 0.717) is 24.4 Å². The zero-order valence-electron chi connectivity index (χ0n) is 14.1. The molecule has 1 aromatic rings. The van der Waals surface area contributed by atoms with Gasteiger partial charge in [-0.05, 0) is 51.7 Å². The molecule has 2 rings (SSSR count). The number of nitrogens with one attached hydrogen (secondary N) is 1.